The fourth-order valence-electron chi connectivity index (χ4n) is 1.40. The summed E-state index contributed by atoms with van der Waals surface area (Å²) in [6, 6.07) is 4.69. The van der Waals surface area contributed by atoms with Crippen LogP contribution in [0.15, 0.2) is 36.7 Å². The van der Waals surface area contributed by atoms with E-state index in [0.717, 1.165) is 12.1 Å². The Labute approximate surface area is 101 Å². The van der Waals surface area contributed by atoms with Crippen LogP contribution in [0.1, 0.15) is 10.4 Å². The number of rotatable bonds is 3. The summed E-state index contributed by atoms with van der Waals surface area (Å²) in [7, 11) is 0. The Balaban J connectivity index is 2.37. The maximum Gasteiger partial charge on any atom is 0.335 e. The van der Waals surface area contributed by atoms with Crippen molar-refractivity contribution in [3.05, 3.63) is 53.9 Å². The number of aromatic carboxylic acids is 1. The molecule has 18 heavy (non-hydrogen) atoms. The lowest BCUT2D eigenvalue weighted by molar-refractivity contribution is 0.0696. The molecule has 0 unspecified atom stereocenters. The lowest BCUT2D eigenvalue weighted by atomic mass is 10.2. The summed E-state index contributed by atoms with van der Waals surface area (Å²) in [4.78, 5) is 14.4. The maximum atomic E-state index is 13.6. The zero-order valence-corrected chi connectivity index (χ0v) is 9.02. The highest BCUT2D eigenvalue weighted by Crippen LogP contribution is 2.24. The number of anilines is 2. The smallest absolute Gasteiger partial charge is 0.335 e. The van der Waals surface area contributed by atoms with E-state index < -0.39 is 28.9 Å². The predicted molar refractivity (Wildman–Crippen MR) is 60.8 cm³/mol. The minimum absolute atomic E-state index is 0.401. The second kappa shape index (κ2) is 4.79. The van der Waals surface area contributed by atoms with Crippen LogP contribution < -0.4 is 5.32 Å². The minimum atomic E-state index is -1.39. The topological polar surface area (TPSA) is 62.2 Å². The molecule has 1 aromatic carbocycles. The van der Waals surface area contributed by atoms with Gasteiger partial charge in [0.15, 0.2) is 11.6 Å². The first-order valence-electron chi connectivity index (χ1n) is 4.97. The van der Waals surface area contributed by atoms with Gasteiger partial charge in [0.05, 0.1) is 17.4 Å². The van der Waals surface area contributed by atoms with Crippen LogP contribution in [0.25, 0.3) is 0 Å². The highest BCUT2D eigenvalue weighted by molar-refractivity contribution is 5.88. The van der Waals surface area contributed by atoms with Gasteiger partial charge in [-0.2, -0.15) is 0 Å². The van der Waals surface area contributed by atoms with Crippen LogP contribution in [-0.2, 0) is 0 Å². The van der Waals surface area contributed by atoms with Crippen molar-refractivity contribution in [3.63, 3.8) is 0 Å². The summed E-state index contributed by atoms with van der Waals surface area (Å²) in [6.45, 7) is 0. The van der Waals surface area contributed by atoms with Crippen LogP contribution in [0, 0.1) is 11.6 Å². The number of carbonyl (C=O) groups is 1. The molecular formula is C12H8F2N2O2. The SMILES string of the molecule is O=C(O)c1cc(F)c(Nc2cccnc2)c(F)c1. The van der Waals surface area contributed by atoms with Crippen molar-refractivity contribution in [3.8, 4) is 0 Å². The summed E-state index contributed by atoms with van der Waals surface area (Å²) in [5.41, 5.74) is -0.451. The summed E-state index contributed by atoms with van der Waals surface area (Å²) < 4.78 is 27.1. The number of pyridine rings is 1. The normalized spacial score (nSPS) is 10.1. The number of carboxylic acids is 1. The van der Waals surface area contributed by atoms with E-state index in [1.165, 1.54) is 12.4 Å². The second-order valence-corrected chi connectivity index (χ2v) is 3.49. The molecule has 1 aromatic heterocycles. The number of benzene rings is 1. The first-order valence-corrected chi connectivity index (χ1v) is 4.97. The molecule has 0 amide bonds. The first kappa shape index (κ1) is 12.0. The molecule has 2 rings (SSSR count). The van der Waals surface area contributed by atoms with E-state index in [1.54, 1.807) is 12.1 Å². The van der Waals surface area contributed by atoms with E-state index in [2.05, 4.69) is 10.3 Å². The molecule has 2 N–H and O–H groups in total. The Morgan fingerprint density at radius 2 is 1.94 bits per heavy atom. The number of halogens is 2. The van der Waals surface area contributed by atoms with Crippen LogP contribution in [0.2, 0.25) is 0 Å². The van der Waals surface area contributed by atoms with Gasteiger partial charge < -0.3 is 10.4 Å². The molecule has 2 aromatic rings. The molecule has 0 spiro atoms. The zero-order chi connectivity index (χ0) is 13.1. The Morgan fingerprint density at radius 1 is 1.28 bits per heavy atom. The van der Waals surface area contributed by atoms with Gasteiger partial charge in [-0.3, -0.25) is 4.98 Å². The standard InChI is InChI=1S/C12H8F2N2O2/c13-9-4-7(12(17)18)5-10(14)11(9)16-8-2-1-3-15-6-8/h1-6,16H,(H,17,18). The van der Waals surface area contributed by atoms with Crippen molar-refractivity contribution in [1.82, 2.24) is 4.98 Å². The Bertz CT molecular complexity index is 565. The van der Waals surface area contributed by atoms with Crippen LogP contribution in [0.3, 0.4) is 0 Å². The zero-order valence-electron chi connectivity index (χ0n) is 9.02. The van der Waals surface area contributed by atoms with Crippen molar-refractivity contribution in [1.29, 1.82) is 0 Å². The molecule has 0 saturated carbocycles. The Morgan fingerprint density at radius 3 is 2.44 bits per heavy atom. The number of hydrogen-bond donors (Lipinski definition) is 2. The molecule has 0 radical (unpaired) electrons. The van der Waals surface area contributed by atoms with Crippen molar-refractivity contribution < 1.29 is 18.7 Å². The van der Waals surface area contributed by atoms with Gasteiger partial charge in [-0.15, -0.1) is 0 Å². The van der Waals surface area contributed by atoms with Gasteiger partial charge in [-0.25, -0.2) is 13.6 Å². The number of nitrogens with one attached hydrogen (secondary N) is 1. The quantitative estimate of drug-likeness (QED) is 0.879. The van der Waals surface area contributed by atoms with E-state index in [-0.39, 0.29) is 0 Å². The van der Waals surface area contributed by atoms with Gasteiger partial charge >= 0.3 is 5.97 Å². The lowest BCUT2D eigenvalue weighted by Crippen LogP contribution is -2.03. The third kappa shape index (κ3) is 2.42. The van der Waals surface area contributed by atoms with E-state index in [1.807, 2.05) is 0 Å². The van der Waals surface area contributed by atoms with Crippen LogP contribution >= 0.6 is 0 Å². The molecule has 0 fully saturated rings. The van der Waals surface area contributed by atoms with Crippen molar-refractivity contribution in [2.75, 3.05) is 5.32 Å². The molecule has 0 saturated heterocycles. The van der Waals surface area contributed by atoms with E-state index >= 15 is 0 Å². The number of hydrogen-bond acceptors (Lipinski definition) is 3. The van der Waals surface area contributed by atoms with Crippen LogP contribution in [-0.4, -0.2) is 16.1 Å². The second-order valence-electron chi connectivity index (χ2n) is 3.49. The Hall–Kier alpha value is -2.50. The summed E-state index contributed by atoms with van der Waals surface area (Å²) in [5.74, 6) is -3.34. The van der Waals surface area contributed by atoms with Gasteiger partial charge in [0.25, 0.3) is 0 Å². The van der Waals surface area contributed by atoms with Gasteiger partial charge in [-0.1, -0.05) is 0 Å². The van der Waals surface area contributed by atoms with Gasteiger partial charge in [0.2, 0.25) is 0 Å². The fourth-order valence-corrected chi connectivity index (χ4v) is 1.40. The summed E-state index contributed by atoms with van der Waals surface area (Å²) >= 11 is 0. The van der Waals surface area contributed by atoms with Crippen LogP contribution in [0.5, 0.6) is 0 Å². The number of nitrogens with zero attached hydrogens (tertiary/aromatic N) is 1. The molecule has 0 aliphatic heterocycles. The summed E-state index contributed by atoms with van der Waals surface area (Å²) in [6.07, 6.45) is 2.91. The van der Waals surface area contributed by atoms with Gasteiger partial charge in [0, 0.05) is 6.20 Å². The molecule has 6 heteroatoms. The minimum Gasteiger partial charge on any atom is -0.478 e. The third-order valence-electron chi connectivity index (χ3n) is 2.22. The maximum absolute atomic E-state index is 13.6. The van der Waals surface area contributed by atoms with Crippen molar-refractivity contribution in [2.45, 2.75) is 0 Å². The average Bonchev–Trinajstić information content (AvgIpc) is 2.34. The summed E-state index contributed by atoms with van der Waals surface area (Å²) in [5, 5.41) is 11.2. The lowest BCUT2D eigenvalue weighted by Gasteiger charge is -2.09. The molecule has 0 aliphatic rings. The predicted octanol–water partition coefficient (Wildman–Crippen LogP) is 2.80. The third-order valence-corrected chi connectivity index (χ3v) is 2.22. The molecule has 0 bridgehead atoms. The largest absolute Gasteiger partial charge is 0.478 e. The highest BCUT2D eigenvalue weighted by Gasteiger charge is 2.14. The molecule has 0 atom stereocenters. The van der Waals surface area contributed by atoms with E-state index in [4.69, 9.17) is 5.11 Å². The number of carboxylic acid groups (broad SMARTS) is 1. The fraction of sp³-hybridized carbons (Fsp3) is 0. The first-order chi connectivity index (χ1) is 8.58. The average molecular weight is 250 g/mol. The van der Waals surface area contributed by atoms with E-state index in [0.29, 0.717) is 5.69 Å². The van der Waals surface area contributed by atoms with Crippen LogP contribution in [0.4, 0.5) is 20.2 Å². The highest BCUT2D eigenvalue weighted by atomic mass is 19.1. The Kier molecular flexibility index (Phi) is 3.18. The molecule has 4 nitrogen and oxygen atoms in total. The monoisotopic (exact) mass is 250 g/mol. The van der Waals surface area contributed by atoms with Gasteiger partial charge in [0.1, 0.15) is 5.69 Å². The molecule has 0 aliphatic carbocycles. The molecule has 92 valence electrons. The molecule has 1 heterocycles. The van der Waals surface area contributed by atoms with Crippen molar-refractivity contribution in [2.24, 2.45) is 0 Å². The number of aromatic nitrogens is 1. The van der Waals surface area contributed by atoms with Gasteiger partial charge in [-0.05, 0) is 24.3 Å². The van der Waals surface area contributed by atoms with Crippen molar-refractivity contribution >= 4 is 17.3 Å². The molecular weight excluding hydrogens is 242 g/mol. The van der Waals surface area contributed by atoms with E-state index in [9.17, 15) is 13.6 Å².